The first-order valence-electron chi connectivity index (χ1n) is 5.33. The number of nitrogens with zero attached hydrogens (tertiary/aromatic N) is 2. The average molecular weight is 222 g/mol. The lowest BCUT2D eigenvalue weighted by Gasteiger charge is -2.35. The molecule has 0 bridgehead atoms. The fourth-order valence-corrected chi connectivity index (χ4v) is 1.58. The maximum atomic E-state index is 11.2. The summed E-state index contributed by atoms with van der Waals surface area (Å²) in [6, 6.07) is 3.78. The predicted molar refractivity (Wildman–Crippen MR) is 63.7 cm³/mol. The van der Waals surface area contributed by atoms with Gasteiger partial charge in [-0.3, -0.25) is 0 Å². The van der Waals surface area contributed by atoms with E-state index in [1.54, 1.807) is 24.9 Å². The van der Waals surface area contributed by atoms with Crippen molar-refractivity contribution in [1.82, 2.24) is 4.98 Å². The number of rotatable bonds is 4. The van der Waals surface area contributed by atoms with Gasteiger partial charge in [0.1, 0.15) is 11.4 Å². The summed E-state index contributed by atoms with van der Waals surface area (Å²) in [5.74, 6) is -0.155. The van der Waals surface area contributed by atoms with Crippen LogP contribution in [0.4, 0.5) is 5.82 Å². The van der Waals surface area contributed by atoms with Crippen molar-refractivity contribution in [2.75, 3.05) is 11.4 Å². The van der Waals surface area contributed by atoms with Crippen LogP contribution >= 0.6 is 0 Å². The van der Waals surface area contributed by atoms with Gasteiger partial charge in [-0.15, -0.1) is 0 Å². The lowest BCUT2D eigenvalue weighted by atomic mass is 10.0. The molecule has 0 atom stereocenters. The van der Waals surface area contributed by atoms with Gasteiger partial charge in [0.15, 0.2) is 0 Å². The number of carbonyl (C=O) groups is 1. The molecule has 0 fully saturated rings. The molecule has 1 aromatic heterocycles. The van der Waals surface area contributed by atoms with Crippen LogP contribution in [0, 0.1) is 6.92 Å². The van der Waals surface area contributed by atoms with E-state index in [1.165, 1.54) is 0 Å². The van der Waals surface area contributed by atoms with Gasteiger partial charge in [-0.2, -0.15) is 0 Å². The standard InChI is InChI=1S/C12H18N2O2/c1-5-14(12(3,4)11(15)16)10-7-6-9(2)8-13-10/h6-8H,5H2,1-4H3,(H,15,16). The van der Waals surface area contributed by atoms with E-state index in [2.05, 4.69) is 4.98 Å². The van der Waals surface area contributed by atoms with Gasteiger partial charge in [-0.05, 0) is 39.3 Å². The minimum absolute atomic E-state index is 0.607. The number of pyridine rings is 1. The minimum atomic E-state index is -0.947. The van der Waals surface area contributed by atoms with Gasteiger partial charge in [-0.25, -0.2) is 9.78 Å². The second-order valence-corrected chi connectivity index (χ2v) is 4.30. The Morgan fingerprint density at radius 3 is 2.50 bits per heavy atom. The normalized spacial score (nSPS) is 11.2. The van der Waals surface area contributed by atoms with Crippen LogP contribution in [0.15, 0.2) is 18.3 Å². The monoisotopic (exact) mass is 222 g/mol. The molecule has 0 aromatic carbocycles. The zero-order chi connectivity index (χ0) is 12.3. The van der Waals surface area contributed by atoms with E-state index in [-0.39, 0.29) is 0 Å². The quantitative estimate of drug-likeness (QED) is 0.847. The molecule has 0 unspecified atom stereocenters. The van der Waals surface area contributed by atoms with Gasteiger partial charge in [-0.1, -0.05) is 6.07 Å². The minimum Gasteiger partial charge on any atom is -0.480 e. The van der Waals surface area contributed by atoms with Crippen molar-refractivity contribution in [3.05, 3.63) is 23.9 Å². The number of anilines is 1. The number of aliphatic carboxylic acids is 1. The maximum absolute atomic E-state index is 11.2. The number of hydrogen-bond donors (Lipinski definition) is 1. The molecule has 0 saturated carbocycles. The van der Waals surface area contributed by atoms with E-state index in [4.69, 9.17) is 0 Å². The number of aromatic nitrogens is 1. The average Bonchev–Trinajstić information content (AvgIpc) is 2.21. The zero-order valence-electron chi connectivity index (χ0n) is 10.2. The van der Waals surface area contributed by atoms with E-state index in [9.17, 15) is 9.90 Å². The Morgan fingerprint density at radius 2 is 2.12 bits per heavy atom. The Hall–Kier alpha value is -1.58. The van der Waals surface area contributed by atoms with E-state index in [0.29, 0.717) is 12.4 Å². The molecule has 0 aliphatic carbocycles. The number of carboxylic acid groups (broad SMARTS) is 1. The molecule has 0 amide bonds. The summed E-state index contributed by atoms with van der Waals surface area (Å²) in [7, 11) is 0. The van der Waals surface area contributed by atoms with Crippen molar-refractivity contribution in [3.8, 4) is 0 Å². The molecule has 0 aliphatic heterocycles. The molecule has 0 aliphatic rings. The molecule has 4 heteroatoms. The highest BCUT2D eigenvalue weighted by molar-refractivity contribution is 5.82. The largest absolute Gasteiger partial charge is 0.480 e. The van der Waals surface area contributed by atoms with Crippen LogP contribution in [-0.4, -0.2) is 28.1 Å². The Bertz CT molecular complexity index is 371. The lowest BCUT2D eigenvalue weighted by Crippen LogP contribution is -2.50. The second kappa shape index (κ2) is 4.51. The topological polar surface area (TPSA) is 53.4 Å². The first-order chi connectivity index (χ1) is 7.39. The zero-order valence-corrected chi connectivity index (χ0v) is 10.2. The summed E-state index contributed by atoms with van der Waals surface area (Å²) in [5, 5.41) is 9.19. The summed E-state index contributed by atoms with van der Waals surface area (Å²) in [5.41, 5.74) is 0.115. The van der Waals surface area contributed by atoms with Gasteiger partial charge >= 0.3 is 5.97 Å². The van der Waals surface area contributed by atoms with E-state index >= 15 is 0 Å². The van der Waals surface area contributed by atoms with Crippen LogP contribution in [0.3, 0.4) is 0 Å². The third kappa shape index (κ3) is 2.32. The molecular weight excluding hydrogens is 204 g/mol. The van der Waals surface area contributed by atoms with Gasteiger partial charge in [0.05, 0.1) is 0 Å². The molecule has 0 radical (unpaired) electrons. The molecule has 1 aromatic rings. The highest BCUT2D eigenvalue weighted by Gasteiger charge is 2.34. The van der Waals surface area contributed by atoms with Crippen molar-refractivity contribution in [3.63, 3.8) is 0 Å². The van der Waals surface area contributed by atoms with E-state index in [0.717, 1.165) is 5.56 Å². The molecule has 1 N–H and O–H groups in total. The Morgan fingerprint density at radius 1 is 1.50 bits per heavy atom. The van der Waals surface area contributed by atoms with Crippen LogP contribution in [0.1, 0.15) is 26.3 Å². The Balaban J connectivity index is 3.07. The van der Waals surface area contributed by atoms with Gasteiger partial charge in [0.2, 0.25) is 0 Å². The lowest BCUT2D eigenvalue weighted by molar-refractivity contribution is -0.142. The van der Waals surface area contributed by atoms with Crippen LogP contribution in [0.5, 0.6) is 0 Å². The fraction of sp³-hybridized carbons (Fsp3) is 0.500. The third-order valence-corrected chi connectivity index (χ3v) is 2.69. The summed E-state index contributed by atoms with van der Waals surface area (Å²) < 4.78 is 0. The second-order valence-electron chi connectivity index (χ2n) is 4.30. The molecule has 0 spiro atoms. The van der Waals surface area contributed by atoms with Gasteiger partial charge in [0.25, 0.3) is 0 Å². The molecule has 1 heterocycles. The fourth-order valence-electron chi connectivity index (χ4n) is 1.58. The number of aryl methyl sites for hydroxylation is 1. The molecular formula is C12H18N2O2. The van der Waals surface area contributed by atoms with Crippen LogP contribution in [-0.2, 0) is 4.79 Å². The van der Waals surface area contributed by atoms with Crippen molar-refractivity contribution in [2.24, 2.45) is 0 Å². The molecule has 0 saturated heterocycles. The predicted octanol–water partition coefficient (Wildman–Crippen LogP) is 2.08. The number of hydrogen-bond acceptors (Lipinski definition) is 3. The van der Waals surface area contributed by atoms with Gasteiger partial charge in [0, 0.05) is 12.7 Å². The summed E-state index contributed by atoms with van der Waals surface area (Å²) in [6.45, 7) is 7.84. The summed E-state index contributed by atoms with van der Waals surface area (Å²) in [4.78, 5) is 17.2. The van der Waals surface area contributed by atoms with Crippen LogP contribution in [0.2, 0.25) is 0 Å². The van der Waals surface area contributed by atoms with Crippen molar-refractivity contribution >= 4 is 11.8 Å². The Kier molecular flexibility index (Phi) is 3.52. The highest BCUT2D eigenvalue weighted by Crippen LogP contribution is 2.22. The molecule has 4 nitrogen and oxygen atoms in total. The van der Waals surface area contributed by atoms with Crippen LogP contribution < -0.4 is 4.90 Å². The Labute approximate surface area is 95.9 Å². The van der Waals surface area contributed by atoms with Gasteiger partial charge < -0.3 is 10.0 Å². The molecule has 88 valence electrons. The molecule has 16 heavy (non-hydrogen) atoms. The van der Waals surface area contributed by atoms with E-state index in [1.807, 2.05) is 26.0 Å². The number of carboxylic acids is 1. The first kappa shape index (κ1) is 12.5. The smallest absolute Gasteiger partial charge is 0.328 e. The highest BCUT2D eigenvalue weighted by atomic mass is 16.4. The summed E-state index contributed by atoms with van der Waals surface area (Å²) in [6.07, 6.45) is 1.75. The first-order valence-corrected chi connectivity index (χ1v) is 5.33. The van der Waals surface area contributed by atoms with Crippen molar-refractivity contribution in [1.29, 1.82) is 0 Å². The summed E-state index contributed by atoms with van der Waals surface area (Å²) >= 11 is 0. The maximum Gasteiger partial charge on any atom is 0.328 e. The van der Waals surface area contributed by atoms with E-state index < -0.39 is 11.5 Å². The number of likely N-dealkylation sites (N-methyl/N-ethyl adjacent to an activating group) is 1. The molecule has 1 rings (SSSR count). The van der Waals surface area contributed by atoms with Crippen molar-refractivity contribution < 1.29 is 9.90 Å². The third-order valence-electron chi connectivity index (χ3n) is 2.69. The SMILES string of the molecule is CCN(c1ccc(C)cn1)C(C)(C)C(=O)O. The van der Waals surface area contributed by atoms with Crippen LogP contribution in [0.25, 0.3) is 0 Å². The van der Waals surface area contributed by atoms with Crippen molar-refractivity contribution in [2.45, 2.75) is 33.2 Å².